The molecule has 134 valence electrons. The van der Waals surface area contributed by atoms with Gasteiger partial charge in [-0.3, -0.25) is 14.4 Å². The number of carbonyl (C=O) groups is 1. The highest BCUT2D eigenvalue weighted by Crippen LogP contribution is 2.31. The van der Waals surface area contributed by atoms with Gasteiger partial charge < -0.3 is 10.0 Å². The van der Waals surface area contributed by atoms with Crippen molar-refractivity contribution in [2.45, 2.75) is 26.3 Å². The molecule has 9 heteroatoms. The molecule has 1 N–H and O–H groups in total. The van der Waals surface area contributed by atoms with Gasteiger partial charge >= 0.3 is 5.97 Å². The fourth-order valence-corrected chi connectivity index (χ4v) is 5.45. The molecule has 0 bridgehead atoms. The molecule has 1 aromatic rings. The number of aryl methyl sites for hydroxylation is 1. The molecule has 0 amide bonds. The lowest BCUT2D eigenvalue weighted by molar-refractivity contribution is -0.138. The molecular formula is C15H24N4O4S. The smallest absolute Gasteiger partial charge is 0.317 e. The molecular weight excluding hydrogens is 332 g/mol. The molecule has 2 fully saturated rings. The number of nitrogens with zero attached hydrogens (tertiary/aromatic N) is 4. The number of piperazine rings is 1. The Morgan fingerprint density at radius 2 is 1.92 bits per heavy atom. The third kappa shape index (κ3) is 3.41. The van der Waals surface area contributed by atoms with Crippen LogP contribution in [0.5, 0.6) is 0 Å². The van der Waals surface area contributed by atoms with Crippen molar-refractivity contribution in [3.05, 3.63) is 11.4 Å². The van der Waals surface area contributed by atoms with Gasteiger partial charge in [-0.25, -0.2) is 8.42 Å². The standard InChI is InChI=1S/C15H24N4O4S/c1-11-15(18-6-4-17(5-7-18)9-14(20)21)12(2)19(16-11)13-3-8-24(22,23)10-13/h13H,3-10H2,1-2H3,(H,20,21). The monoisotopic (exact) mass is 356 g/mol. The van der Waals surface area contributed by atoms with Gasteiger partial charge in [0.15, 0.2) is 9.84 Å². The maximum Gasteiger partial charge on any atom is 0.317 e. The van der Waals surface area contributed by atoms with Gasteiger partial charge in [0, 0.05) is 26.2 Å². The summed E-state index contributed by atoms with van der Waals surface area (Å²) < 4.78 is 25.4. The number of rotatable bonds is 4. The maximum atomic E-state index is 11.7. The molecule has 3 heterocycles. The predicted octanol–water partition coefficient (Wildman–Crippen LogP) is 0.0661. The summed E-state index contributed by atoms with van der Waals surface area (Å²) in [5.41, 5.74) is 2.97. The highest BCUT2D eigenvalue weighted by molar-refractivity contribution is 7.91. The largest absolute Gasteiger partial charge is 0.480 e. The van der Waals surface area contributed by atoms with Crippen molar-refractivity contribution in [2.75, 3.05) is 49.1 Å². The number of anilines is 1. The molecule has 2 aliphatic heterocycles. The fourth-order valence-electron chi connectivity index (χ4n) is 3.76. The first-order valence-electron chi connectivity index (χ1n) is 8.22. The first-order valence-corrected chi connectivity index (χ1v) is 10.0. The van der Waals surface area contributed by atoms with Crippen molar-refractivity contribution >= 4 is 21.5 Å². The van der Waals surface area contributed by atoms with E-state index in [9.17, 15) is 13.2 Å². The first kappa shape index (κ1) is 17.2. The SMILES string of the molecule is Cc1nn(C2CCS(=O)(=O)C2)c(C)c1N1CCN(CC(=O)O)CC1. The van der Waals surface area contributed by atoms with Gasteiger partial charge in [0.25, 0.3) is 0 Å². The minimum Gasteiger partial charge on any atom is -0.480 e. The van der Waals surface area contributed by atoms with Crippen molar-refractivity contribution in [1.29, 1.82) is 0 Å². The van der Waals surface area contributed by atoms with Crippen LogP contribution >= 0.6 is 0 Å². The van der Waals surface area contributed by atoms with E-state index < -0.39 is 15.8 Å². The number of hydrogen-bond donors (Lipinski definition) is 1. The van der Waals surface area contributed by atoms with Crippen LogP contribution in [0.4, 0.5) is 5.69 Å². The quantitative estimate of drug-likeness (QED) is 0.815. The first-order chi connectivity index (χ1) is 11.3. The molecule has 2 saturated heterocycles. The summed E-state index contributed by atoms with van der Waals surface area (Å²) >= 11 is 0. The zero-order valence-corrected chi connectivity index (χ0v) is 14.9. The number of carboxylic acids is 1. The van der Waals surface area contributed by atoms with Gasteiger partial charge in [0.05, 0.1) is 41.2 Å². The lowest BCUT2D eigenvalue weighted by Gasteiger charge is -2.35. The van der Waals surface area contributed by atoms with E-state index in [4.69, 9.17) is 5.11 Å². The summed E-state index contributed by atoms with van der Waals surface area (Å²) in [7, 11) is -2.94. The van der Waals surface area contributed by atoms with Crippen molar-refractivity contribution in [1.82, 2.24) is 14.7 Å². The molecule has 0 radical (unpaired) electrons. The summed E-state index contributed by atoms with van der Waals surface area (Å²) in [4.78, 5) is 15.0. The van der Waals surface area contributed by atoms with Crippen LogP contribution in [-0.2, 0) is 14.6 Å². The molecule has 8 nitrogen and oxygen atoms in total. The Morgan fingerprint density at radius 1 is 1.25 bits per heavy atom. The van der Waals surface area contributed by atoms with E-state index in [1.807, 2.05) is 23.4 Å². The van der Waals surface area contributed by atoms with E-state index >= 15 is 0 Å². The summed E-state index contributed by atoms with van der Waals surface area (Å²) in [5, 5.41) is 13.5. The van der Waals surface area contributed by atoms with Gasteiger partial charge in [-0.05, 0) is 20.3 Å². The molecule has 2 aliphatic rings. The van der Waals surface area contributed by atoms with Crippen LogP contribution in [0.1, 0.15) is 23.9 Å². The van der Waals surface area contributed by atoms with E-state index in [2.05, 4.69) is 10.00 Å². The zero-order valence-electron chi connectivity index (χ0n) is 14.1. The Balaban J connectivity index is 1.75. The van der Waals surface area contributed by atoms with Crippen LogP contribution in [-0.4, -0.2) is 78.4 Å². The van der Waals surface area contributed by atoms with E-state index in [-0.39, 0.29) is 24.1 Å². The molecule has 1 aromatic heterocycles. The van der Waals surface area contributed by atoms with Crippen LogP contribution in [0, 0.1) is 13.8 Å². The normalized spacial score (nSPS) is 24.4. The average molecular weight is 356 g/mol. The van der Waals surface area contributed by atoms with E-state index in [0.29, 0.717) is 19.5 Å². The summed E-state index contributed by atoms with van der Waals surface area (Å²) in [6.07, 6.45) is 0.621. The number of aromatic nitrogens is 2. The highest BCUT2D eigenvalue weighted by atomic mass is 32.2. The molecule has 0 aromatic carbocycles. The lowest BCUT2D eigenvalue weighted by Crippen LogP contribution is -2.48. The van der Waals surface area contributed by atoms with Crippen molar-refractivity contribution < 1.29 is 18.3 Å². The Labute approximate surface area is 142 Å². The van der Waals surface area contributed by atoms with Crippen LogP contribution in [0.2, 0.25) is 0 Å². The second-order valence-electron chi connectivity index (χ2n) is 6.68. The summed E-state index contributed by atoms with van der Waals surface area (Å²) in [6, 6.07) is -0.0734. The van der Waals surface area contributed by atoms with Crippen molar-refractivity contribution in [2.24, 2.45) is 0 Å². The molecule has 1 unspecified atom stereocenters. The maximum absolute atomic E-state index is 11.7. The second kappa shape index (κ2) is 6.36. The van der Waals surface area contributed by atoms with Crippen molar-refractivity contribution in [3.8, 4) is 0 Å². The number of carboxylic acid groups (broad SMARTS) is 1. The van der Waals surface area contributed by atoms with Gasteiger partial charge in [0.1, 0.15) is 0 Å². The molecule has 0 saturated carbocycles. The minimum absolute atomic E-state index is 0.0734. The van der Waals surface area contributed by atoms with E-state index in [1.165, 1.54) is 0 Å². The molecule has 24 heavy (non-hydrogen) atoms. The second-order valence-corrected chi connectivity index (χ2v) is 8.91. The lowest BCUT2D eigenvalue weighted by atomic mass is 10.2. The predicted molar refractivity (Wildman–Crippen MR) is 90.3 cm³/mol. The van der Waals surface area contributed by atoms with Gasteiger partial charge in [-0.15, -0.1) is 0 Å². The zero-order chi connectivity index (χ0) is 17.5. The molecule has 0 aliphatic carbocycles. The van der Waals surface area contributed by atoms with Crippen LogP contribution < -0.4 is 4.90 Å². The molecule has 1 atom stereocenters. The average Bonchev–Trinajstić information content (AvgIpc) is 2.99. The van der Waals surface area contributed by atoms with Crippen LogP contribution in [0.25, 0.3) is 0 Å². The summed E-state index contributed by atoms with van der Waals surface area (Å²) in [6.45, 7) is 6.93. The topological polar surface area (TPSA) is 95.7 Å². The summed E-state index contributed by atoms with van der Waals surface area (Å²) in [5.74, 6) is -0.397. The van der Waals surface area contributed by atoms with Crippen LogP contribution in [0.15, 0.2) is 0 Å². The van der Waals surface area contributed by atoms with E-state index in [0.717, 1.165) is 30.2 Å². The molecule has 0 spiro atoms. The van der Waals surface area contributed by atoms with Gasteiger partial charge in [0.2, 0.25) is 0 Å². The third-order valence-corrected chi connectivity index (χ3v) is 6.64. The third-order valence-electron chi connectivity index (χ3n) is 4.89. The Morgan fingerprint density at radius 3 is 2.46 bits per heavy atom. The number of hydrogen-bond acceptors (Lipinski definition) is 6. The Kier molecular flexibility index (Phi) is 4.56. The highest BCUT2D eigenvalue weighted by Gasteiger charge is 2.32. The number of aliphatic carboxylic acids is 1. The Bertz CT molecular complexity index is 735. The molecule has 3 rings (SSSR count). The minimum atomic E-state index is -2.94. The van der Waals surface area contributed by atoms with E-state index in [1.54, 1.807) is 0 Å². The number of sulfone groups is 1. The van der Waals surface area contributed by atoms with Gasteiger partial charge in [-0.1, -0.05) is 0 Å². The fraction of sp³-hybridized carbons (Fsp3) is 0.733. The Hall–Kier alpha value is -1.61. The van der Waals surface area contributed by atoms with Crippen molar-refractivity contribution in [3.63, 3.8) is 0 Å². The van der Waals surface area contributed by atoms with Gasteiger partial charge in [-0.2, -0.15) is 5.10 Å². The van der Waals surface area contributed by atoms with Crippen LogP contribution in [0.3, 0.4) is 0 Å².